The molecule has 1 N–H and O–H groups in total. The van der Waals surface area contributed by atoms with Crippen LogP contribution in [0.3, 0.4) is 0 Å². The van der Waals surface area contributed by atoms with E-state index in [1.807, 2.05) is 25.1 Å². The van der Waals surface area contributed by atoms with Crippen molar-refractivity contribution in [2.45, 2.75) is 70.5 Å². The number of rotatable bonds is 5. The van der Waals surface area contributed by atoms with E-state index >= 15 is 0 Å². The van der Waals surface area contributed by atoms with Crippen LogP contribution in [0.4, 0.5) is 0 Å². The summed E-state index contributed by atoms with van der Waals surface area (Å²) in [6.07, 6.45) is 5.31. The first-order valence-electron chi connectivity index (χ1n) is 9.77. The maximum Gasteiger partial charge on any atom is 0.245 e. The molecule has 27 heavy (non-hydrogen) atoms. The Bertz CT molecular complexity index is 715. The summed E-state index contributed by atoms with van der Waals surface area (Å²) in [6.45, 7) is 4.53. The summed E-state index contributed by atoms with van der Waals surface area (Å²) < 4.78 is 6.37. The van der Waals surface area contributed by atoms with Gasteiger partial charge in [-0.05, 0) is 63.1 Å². The Labute approximate surface area is 170 Å². The molecule has 6 heteroatoms. The highest BCUT2D eigenvalue weighted by atomic mass is 79.9. The minimum atomic E-state index is -0.812. The zero-order valence-corrected chi connectivity index (χ0v) is 18.0. The van der Waals surface area contributed by atoms with Gasteiger partial charge in [0.1, 0.15) is 11.3 Å². The Kier molecular flexibility index (Phi) is 6.14. The fraction of sp³-hybridized carbons (Fsp3) is 0.619. The molecule has 2 fully saturated rings. The van der Waals surface area contributed by atoms with Crippen LogP contribution in [0.2, 0.25) is 0 Å². The summed E-state index contributed by atoms with van der Waals surface area (Å²) in [4.78, 5) is 27.5. The van der Waals surface area contributed by atoms with Crippen molar-refractivity contribution in [1.82, 2.24) is 10.2 Å². The fourth-order valence-corrected chi connectivity index (χ4v) is 4.59. The summed E-state index contributed by atoms with van der Waals surface area (Å²) in [5, 5.41) is 3.22. The van der Waals surface area contributed by atoms with Crippen LogP contribution in [-0.2, 0) is 16.1 Å². The number of methoxy groups -OCH3 is 1. The number of nitrogens with one attached hydrogen (secondary N) is 1. The Morgan fingerprint density at radius 2 is 2.04 bits per heavy atom. The van der Waals surface area contributed by atoms with Gasteiger partial charge in [0.15, 0.2) is 0 Å². The minimum absolute atomic E-state index is 0.0203. The molecule has 1 heterocycles. The van der Waals surface area contributed by atoms with Crippen LogP contribution in [0.1, 0.15) is 57.9 Å². The van der Waals surface area contributed by atoms with Crippen LogP contribution in [0, 0.1) is 5.92 Å². The molecular weight excluding hydrogens is 408 g/mol. The Morgan fingerprint density at radius 3 is 2.70 bits per heavy atom. The number of halogens is 1. The maximum atomic E-state index is 13.1. The van der Waals surface area contributed by atoms with E-state index in [1.54, 1.807) is 12.0 Å². The normalized spacial score (nSPS) is 28.3. The van der Waals surface area contributed by atoms with Gasteiger partial charge in [-0.1, -0.05) is 22.9 Å². The first kappa shape index (κ1) is 20.2. The predicted octanol–water partition coefficient (Wildman–Crippen LogP) is 4.03. The molecule has 1 aliphatic carbocycles. The third-order valence-corrected chi connectivity index (χ3v) is 6.63. The number of nitrogens with zero attached hydrogens (tertiary/aromatic N) is 1. The second-order valence-corrected chi connectivity index (χ2v) is 9.06. The van der Waals surface area contributed by atoms with E-state index in [1.165, 1.54) is 0 Å². The molecular formula is C21H29BrN2O3. The smallest absolute Gasteiger partial charge is 0.245 e. The molecule has 0 radical (unpaired) electrons. The van der Waals surface area contributed by atoms with Crippen LogP contribution >= 0.6 is 15.9 Å². The summed E-state index contributed by atoms with van der Waals surface area (Å²) in [5.74, 6) is 1.46. The van der Waals surface area contributed by atoms with Crippen LogP contribution in [0.25, 0.3) is 0 Å². The van der Waals surface area contributed by atoms with Gasteiger partial charge >= 0.3 is 0 Å². The van der Waals surface area contributed by atoms with Crippen molar-refractivity contribution in [3.05, 3.63) is 28.2 Å². The molecule has 0 bridgehead atoms. The van der Waals surface area contributed by atoms with Crippen LogP contribution in [0.5, 0.6) is 5.75 Å². The SMILES string of the molecule is COc1ccc(Br)cc1CN1C(=O)CC[C@]1(C)C(=O)NC1CCC(C)CC1. The first-order chi connectivity index (χ1) is 12.8. The zero-order chi connectivity index (χ0) is 19.6. The monoisotopic (exact) mass is 436 g/mol. The van der Waals surface area contributed by atoms with E-state index in [9.17, 15) is 9.59 Å². The van der Waals surface area contributed by atoms with Crippen molar-refractivity contribution in [2.24, 2.45) is 5.92 Å². The zero-order valence-electron chi connectivity index (χ0n) is 16.4. The molecule has 0 spiro atoms. The highest BCUT2D eigenvalue weighted by Crippen LogP contribution is 2.35. The lowest BCUT2D eigenvalue weighted by atomic mass is 9.86. The predicted molar refractivity (Wildman–Crippen MR) is 108 cm³/mol. The van der Waals surface area contributed by atoms with Gasteiger partial charge in [-0.15, -0.1) is 0 Å². The number of likely N-dealkylation sites (tertiary alicyclic amines) is 1. The van der Waals surface area contributed by atoms with Crippen molar-refractivity contribution < 1.29 is 14.3 Å². The summed E-state index contributed by atoms with van der Waals surface area (Å²) in [5.41, 5.74) is 0.0839. The molecule has 148 valence electrons. The van der Waals surface area contributed by atoms with E-state index in [0.717, 1.165) is 47.4 Å². The van der Waals surface area contributed by atoms with Gasteiger partial charge in [-0.3, -0.25) is 9.59 Å². The average Bonchev–Trinajstić information content (AvgIpc) is 2.93. The molecule has 3 rings (SSSR count). The van der Waals surface area contributed by atoms with Gasteiger partial charge in [-0.25, -0.2) is 0 Å². The largest absolute Gasteiger partial charge is 0.496 e. The van der Waals surface area contributed by atoms with Crippen molar-refractivity contribution >= 4 is 27.7 Å². The number of carbonyl (C=O) groups is 2. The average molecular weight is 437 g/mol. The Balaban J connectivity index is 1.76. The van der Waals surface area contributed by atoms with Crippen molar-refractivity contribution in [2.75, 3.05) is 7.11 Å². The molecule has 1 aromatic carbocycles. The van der Waals surface area contributed by atoms with Crippen molar-refractivity contribution in [3.63, 3.8) is 0 Å². The van der Waals surface area contributed by atoms with E-state index in [-0.39, 0.29) is 17.9 Å². The molecule has 0 unspecified atom stereocenters. The van der Waals surface area contributed by atoms with E-state index in [0.29, 0.717) is 19.4 Å². The lowest BCUT2D eigenvalue weighted by molar-refractivity contribution is -0.141. The number of hydrogen-bond acceptors (Lipinski definition) is 3. The van der Waals surface area contributed by atoms with E-state index < -0.39 is 5.54 Å². The maximum absolute atomic E-state index is 13.1. The van der Waals surface area contributed by atoms with Gasteiger partial charge < -0.3 is 15.0 Å². The molecule has 1 aliphatic heterocycles. The molecule has 2 aliphatic rings. The summed E-state index contributed by atoms with van der Waals surface area (Å²) in [7, 11) is 1.62. The molecule has 1 aromatic rings. The molecule has 0 aromatic heterocycles. The number of carbonyl (C=O) groups excluding carboxylic acids is 2. The Hall–Kier alpha value is -1.56. The minimum Gasteiger partial charge on any atom is -0.496 e. The molecule has 2 amide bonds. The highest BCUT2D eigenvalue weighted by Gasteiger charge is 2.47. The molecule has 1 atom stereocenters. The van der Waals surface area contributed by atoms with Crippen LogP contribution in [0.15, 0.2) is 22.7 Å². The van der Waals surface area contributed by atoms with E-state index in [2.05, 4.69) is 28.2 Å². The van der Waals surface area contributed by atoms with Crippen LogP contribution < -0.4 is 10.1 Å². The number of ether oxygens (including phenoxy) is 1. The molecule has 1 saturated carbocycles. The molecule has 1 saturated heterocycles. The van der Waals surface area contributed by atoms with Crippen molar-refractivity contribution in [1.29, 1.82) is 0 Å². The van der Waals surface area contributed by atoms with Gasteiger partial charge in [-0.2, -0.15) is 0 Å². The quantitative estimate of drug-likeness (QED) is 0.757. The van der Waals surface area contributed by atoms with Gasteiger partial charge in [0.2, 0.25) is 11.8 Å². The lowest BCUT2D eigenvalue weighted by Crippen LogP contribution is -2.56. The number of benzene rings is 1. The van der Waals surface area contributed by atoms with Gasteiger partial charge in [0.25, 0.3) is 0 Å². The van der Waals surface area contributed by atoms with E-state index in [4.69, 9.17) is 4.74 Å². The number of hydrogen-bond donors (Lipinski definition) is 1. The van der Waals surface area contributed by atoms with Crippen LogP contribution in [-0.4, -0.2) is 35.4 Å². The summed E-state index contributed by atoms with van der Waals surface area (Å²) in [6, 6.07) is 5.96. The van der Waals surface area contributed by atoms with Gasteiger partial charge in [0, 0.05) is 22.5 Å². The Morgan fingerprint density at radius 1 is 1.33 bits per heavy atom. The third kappa shape index (κ3) is 4.31. The summed E-state index contributed by atoms with van der Waals surface area (Å²) >= 11 is 3.48. The first-order valence-corrected chi connectivity index (χ1v) is 10.6. The number of amides is 2. The fourth-order valence-electron chi connectivity index (χ4n) is 4.18. The lowest BCUT2D eigenvalue weighted by Gasteiger charge is -2.36. The molecule has 5 nitrogen and oxygen atoms in total. The second kappa shape index (κ2) is 8.21. The van der Waals surface area contributed by atoms with Gasteiger partial charge in [0.05, 0.1) is 13.7 Å². The second-order valence-electron chi connectivity index (χ2n) is 8.14. The highest BCUT2D eigenvalue weighted by molar-refractivity contribution is 9.10. The topological polar surface area (TPSA) is 58.6 Å². The third-order valence-electron chi connectivity index (χ3n) is 6.13. The standard InChI is InChI=1S/C21H29BrN2O3/c1-14-4-7-17(8-5-14)23-20(26)21(2)11-10-19(25)24(21)13-15-12-16(22)6-9-18(15)27-3/h6,9,12,14,17H,4-5,7-8,10-11,13H2,1-3H3,(H,23,26)/t14?,17?,21-/m1/s1. The van der Waals surface area contributed by atoms with Crippen molar-refractivity contribution in [3.8, 4) is 5.75 Å².